The predicted molar refractivity (Wildman–Crippen MR) is 137 cm³/mol. The van der Waals surface area contributed by atoms with Crippen LogP contribution in [0.15, 0.2) is 47.4 Å². The number of amides is 1. The van der Waals surface area contributed by atoms with Gasteiger partial charge in [0.25, 0.3) is 5.56 Å². The second kappa shape index (κ2) is 10.0. The summed E-state index contributed by atoms with van der Waals surface area (Å²) in [6.07, 6.45) is 7.58. The van der Waals surface area contributed by atoms with E-state index in [1.807, 2.05) is 6.07 Å². The van der Waals surface area contributed by atoms with Gasteiger partial charge in [-0.25, -0.2) is 0 Å². The number of carbonyl (C=O) groups excluding carboxylic acids is 1. The van der Waals surface area contributed by atoms with Crippen LogP contribution in [0.25, 0.3) is 5.65 Å². The van der Waals surface area contributed by atoms with Crippen LogP contribution in [0.1, 0.15) is 55.6 Å². The van der Waals surface area contributed by atoms with Crippen LogP contribution in [0.2, 0.25) is 0 Å². The first-order chi connectivity index (χ1) is 18.1. The Kier molecular flexibility index (Phi) is 6.46. The minimum Gasteiger partial charge on any atom is -0.493 e. The van der Waals surface area contributed by atoms with E-state index < -0.39 is 11.5 Å². The summed E-state index contributed by atoms with van der Waals surface area (Å²) in [5, 5.41) is 14.0. The van der Waals surface area contributed by atoms with Gasteiger partial charge in [0.1, 0.15) is 5.65 Å². The van der Waals surface area contributed by atoms with Crippen LogP contribution in [-0.4, -0.2) is 57.8 Å². The predicted octanol–water partition coefficient (Wildman–Crippen LogP) is 3.03. The summed E-state index contributed by atoms with van der Waals surface area (Å²) in [7, 11) is 0. The van der Waals surface area contributed by atoms with E-state index in [1.165, 1.54) is 23.7 Å². The minimum atomic E-state index is -0.704. The van der Waals surface area contributed by atoms with Gasteiger partial charge in [-0.05, 0) is 74.5 Å². The number of nitrogens with one attached hydrogen (secondary N) is 1. The van der Waals surface area contributed by atoms with Gasteiger partial charge in [0.2, 0.25) is 18.6 Å². The van der Waals surface area contributed by atoms with Gasteiger partial charge in [-0.3, -0.25) is 14.0 Å². The van der Waals surface area contributed by atoms with Crippen LogP contribution < -0.4 is 20.3 Å². The van der Waals surface area contributed by atoms with Gasteiger partial charge in [-0.1, -0.05) is 18.6 Å². The molecule has 194 valence electrons. The Morgan fingerprint density at radius 3 is 2.89 bits per heavy atom. The molecule has 3 aliphatic rings. The van der Waals surface area contributed by atoms with Crippen LogP contribution in [0.4, 0.5) is 0 Å². The van der Waals surface area contributed by atoms with E-state index in [4.69, 9.17) is 9.47 Å². The maximum absolute atomic E-state index is 13.5. The molecule has 3 aromatic rings. The molecule has 9 nitrogen and oxygen atoms in total. The van der Waals surface area contributed by atoms with Crippen molar-refractivity contribution in [3.8, 4) is 17.4 Å². The molecule has 2 aromatic heterocycles. The third-order valence-corrected chi connectivity index (χ3v) is 8.08. The van der Waals surface area contributed by atoms with Crippen LogP contribution >= 0.6 is 0 Å². The Balaban J connectivity index is 1.28. The Bertz CT molecular complexity index is 1370. The molecule has 0 radical (unpaired) electrons. The van der Waals surface area contributed by atoms with Crippen molar-refractivity contribution in [3.63, 3.8) is 0 Å². The molecule has 37 heavy (non-hydrogen) atoms. The highest BCUT2D eigenvalue weighted by Gasteiger charge is 2.34. The first-order valence-corrected chi connectivity index (χ1v) is 13.2. The molecule has 2 saturated heterocycles. The van der Waals surface area contributed by atoms with Crippen LogP contribution in [-0.2, 0) is 4.79 Å². The lowest BCUT2D eigenvalue weighted by Crippen LogP contribution is -2.51. The summed E-state index contributed by atoms with van der Waals surface area (Å²) in [6, 6.07) is 11.0. The number of aromatic hydroxyl groups is 1. The molecule has 0 saturated carbocycles. The van der Waals surface area contributed by atoms with Crippen molar-refractivity contribution in [3.05, 3.63) is 64.1 Å². The van der Waals surface area contributed by atoms with Crippen molar-refractivity contribution in [2.45, 2.75) is 50.5 Å². The zero-order chi connectivity index (χ0) is 25.4. The maximum Gasteiger partial charge on any atom is 0.265 e. The summed E-state index contributed by atoms with van der Waals surface area (Å²) >= 11 is 0. The summed E-state index contributed by atoms with van der Waals surface area (Å²) in [6.45, 7) is 3.04. The number of ether oxygens (including phenoxy) is 2. The van der Waals surface area contributed by atoms with Gasteiger partial charge >= 0.3 is 0 Å². The number of aromatic nitrogens is 2. The summed E-state index contributed by atoms with van der Waals surface area (Å²) in [5.41, 5.74) is 0.718. The molecular formula is C28H32N4O5. The van der Waals surface area contributed by atoms with E-state index in [2.05, 4.69) is 15.2 Å². The maximum atomic E-state index is 13.5. The summed E-state index contributed by atoms with van der Waals surface area (Å²) in [5.74, 6) is 0.367. The van der Waals surface area contributed by atoms with E-state index in [9.17, 15) is 14.7 Å². The second-order valence-electron chi connectivity index (χ2n) is 10.3. The van der Waals surface area contributed by atoms with E-state index >= 15 is 0 Å². The highest BCUT2D eigenvalue weighted by atomic mass is 16.7. The largest absolute Gasteiger partial charge is 0.493 e. The Hall–Kier alpha value is -3.59. The zero-order valence-electron chi connectivity index (χ0n) is 20.8. The van der Waals surface area contributed by atoms with E-state index in [0.29, 0.717) is 41.2 Å². The smallest absolute Gasteiger partial charge is 0.265 e. The number of hydrogen-bond donors (Lipinski definition) is 2. The Morgan fingerprint density at radius 1 is 1.11 bits per heavy atom. The van der Waals surface area contributed by atoms with Crippen LogP contribution in [0.5, 0.6) is 17.4 Å². The lowest BCUT2D eigenvalue weighted by atomic mass is 9.83. The quantitative estimate of drug-likeness (QED) is 0.532. The highest BCUT2D eigenvalue weighted by Crippen LogP contribution is 2.38. The standard InChI is InChI=1S/C28H32N4O5/c33-25(29-16-19-6-5-12-31-11-3-1-7-21(19)31)15-20(18-9-10-22-23(14-18)37-17-36-22)26-27(34)30-24-8-2-4-13-32(24)28(26)35/h2,4,8-10,13-14,19-21,34H,1,3,5-7,11-12,15-17H2,(H,29,33)/t19-,20?,21+/m0/s1. The van der Waals surface area contributed by atoms with Crippen molar-refractivity contribution in [1.82, 2.24) is 19.6 Å². The first kappa shape index (κ1) is 23.8. The molecule has 1 unspecified atom stereocenters. The van der Waals surface area contributed by atoms with Crippen LogP contribution in [0, 0.1) is 5.92 Å². The zero-order valence-corrected chi connectivity index (χ0v) is 20.8. The second-order valence-corrected chi connectivity index (χ2v) is 10.3. The molecule has 0 aliphatic carbocycles. The average molecular weight is 505 g/mol. The van der Waals surface area contributed by atoms with Gasteiger partial charge in [-0.2, -0.15) is 4.98 Å². The Labute approximate surface area is 215 Å². The number of piperidine rings is 2. The third kappa shape index (κ3) is 4.64. The molecule has 3 atom stereocenters. The summed E-state index contributed by atoms with van der Waals surface area (Å²) in [4.78, 5) is 33.7. The lowest BCUT2D eigenvalue weighted by molar-refractivity contribution is -0.121. The molecule has 5 heterocycles. The molecule has 2 fully saturated rings. The fourth-order valence-electron chi connectivity index (χ4n) is 6.23. The molecule has 1 aromatic carbocycles. The normalized spacial score (nSPS) is 21.9. The molecule has 2 N–H and O–H groups in total. The van der Waals surface area contributed by atoms with Gasteiger partial charge in [0.05, 0.1) is 5.56 Å². The number of benzene rings is 1. The third-order valence-electron chi connectivity index (χ3n) is 8.08. The molecule has 0 bridgehead atoms. The molecule has 9 heteroatoms. The number of fused-ring (bicyclic) bond motifs is 3. The fourth-order valence-corrected chi connectivity index (χ4v) is 6.23. The van der Waals surface area contributed by atoms with E-state index in [0.717, 1.165) is 25.9 Å². The topological polar surface area (TPSA) is 105 Å². The Morgan fingerprint density at radius 2 is 1.97 bits per heavy atom. The molecule has 3 aliphatic heterocycles. The van der Waals surface area contributed by atoms with Crippen molar-refractivity contribution >= 4 is 11.6 Å². The van der Waals surface area contributed by atoms with Crippen molar-refractivity contribution in [2.75, 3.05) is 26.4 Å². The SMILES string of the molecule is O=C(CC(c1ccc2c(c1)OCO2)c1c(O)nc2ccccn2c1=O)NC[C@@H]1CCCN2CCCC[C@H]12. The van der Waals surface area contributed by atoms with Crippen LogP contribution in [0.3, 0.4) is 0 Å². The van der Waals surface area contributed by atoms with Crippen molar-refractivity contribution < 1.29 is 19.4 Å². The average Bonchev–Trinajstić information content (AvgIpc) is 3.39. The van der Waals surface area contributed by atoms with E-state index in [-0.39, 0.29) is 30.6 Å². The number of rotatable bonds is 6. The monoisotopic (exact) mass is 504 g/mol. The highest BCUT2D eigenvalue weighted by molar-refractivity contribution is 5.78. The fraction of sp³-hybridized carbons (Fsp3) is 0.464. The number of hydrogen-bond acceptors (Lipinski definition) is 7. The molecule has 6 rings (SSSR count). The first-order valence-electron chi connectivity index (χ1n) is 13.2. The van der Waals surface area contributed by atoms with Gasteiger partial charge in [-0.15, -0.1) is 0 Å². The number of pyridine rings is 1. The van der Waals surface area contributed by atoms with Gasteiger partial charge in [0, 0.05) is 31.1 Å². The number of nitrogens with zero attached hydrogens (tertiary/aromatic N) is 3. The minimum absolute atomic E-state index is 0.00409. The number of carbonyl (C=O) groups is 1. The lowest BCUT2D eigenvalue weighted by Gasteiger charge is -2.44. The van der Waals surface area contributed by atoms with Crippen molar-refractivity contribution in [1.29, 1.82) is 0 Å². The van der Waals surface area contributed by atoms with Gasteiger partial charge in [0.15, 0.2) is 11.5 Å². The molecular weight excluding hydrogens is 472 g/mol. The van der Waals surface area contributed by atoms with Crippen molar-refractivity contribution in [2.24, 2.45) is 5.92 Å². The summed E-state index contributed by atoms with van der Waals surface area (Å²) < 4.78 is 12.4. The van der Waals surface area contributed by atoms with Gasteiger partial charge < -0.3 is 24.8 Å². The molecule has 1 amide bonds. The molecule has 0 spiro atoms. The van der Waals surface area contributed by atoms with E-state index in [1.54, 1.807) is 36.5 Å².